The number of alkyl halides is 4. The first-order chi connectivity index (χ1) is 13.6. The summed E-state index contributed by atoms with van der Waals surface area (Å²) in [6.45, 7) is -3.36. The van der Waals surface area contributed by atoms with Gasteiger partial charge in [0.05, 0.1) is 7.11 Å². The summed E-state index contributed by atoms with van der Waals surface area (Å²) in [6.07, 6.45) is -1.85. The SMILES string of the molecule is COc1nc(OC(F)F)c(F)cc1NS(=O)(=O)c1c[nH]c2nc(C(F)F)ccc12. The van der Waals surface area contributed by atoms with Crippen LogP contribution in [0.2, 0.25) is 0 Å². The summed E-state index contributed by atoms with van der Waals surface area (Å²) >= 11 is 0. The average molecular weight is 438 g/mol. The Balaban J connectivity index is 1.99. The molecular weight excluding hydrogens is 427 g/mol. The molecule has 0 fully saturated rings. The molecule has 3 aromatic heterocycles. The predicted molar refractivity (Wildman–Crippen MR) is 89.2 cm³/mol. The Labute approximate surface area is 159 Å². The number of methoxy groups -OCH3 is 1. The maximum Gasteiger partial charge on any atom is 0.388 e. The number of aromatic amines is 1. The number of hydrogen-bond acceptors (Lipinski definition) is 6. The number of pyridine rings is 2. The molecule has 29 heavy (non-hydrogen) atoms. The van der Waals surface area contributed by atoms with E-state index in [1.54, 1.807) is 0 Å². The van der Waals surface area contributed by atoms with E-state index in [1.807, 2.05) is 4.72 Å². The molecule has 8 nitrogen and oxygen atoms in total. The molecule has 0 amide bonds. The van der Waals surface area contributed by atoms with Gasteiger partial charge in [-0.05, 0) is 12.1 Å². The fraction of sp³-hybridized carbons (Fsp3) is 0.200. The van der Waals surface area contributed by atoms with Gasteiger partial charge in [-0.25, -0.2) is 26.6 Å². The van der Waals surface area contributed by atoms with E-state index in [1.165, 1.54) is 0 Å². The van der Waals surface area contributed by atoms with Crippen LogP contribution < -0.4 is 14.2 Å². The number of rotatable bonds is 7. The van der Waals surface area contributed by atoms with E-state index in [9.17, 15) is 30.4 Å². The van der Waals surface area contributed by atoms with Crippen molar-refractivity contribution in [2.75, 3.05) is 11.8 Å². The fourth-order valence-corrected chi connectivity index (χ4v) is 3.60. The Morgan fingerprint density at radius 3 is 2.48 bits per heavy atom. The van der Waals surface area contributed by atoms with Crippen LogP contribution in [0.4, 0.5) is 27.6 Å². The van der Waals surface area contributed by atoms with Gasteiger partial charge in [-0.3, -0.25) is 4.72 Å². The lowest BCUT2D eigenvalue weighted by molar-refractivity contribution is -0.0555. The van der Waals surface area contributed by atoms with Gasteiger partial charge < -0.3 is 14.5 Å². The maximum atomic E-state index is 13.9. The number of H-pyrrole nitrogens is 1. The molecule has 0 aliphatic heterocycles. The van der Waals surface area contributed by atoms with E-state index in [4.69, 9.17) is 4.74 Å². The highest BCUT2D eigenvalue weighted by molar-refractivity contribution is 7.93. The summed E-state index contributed by atoms with van der Waals surface area (Å²) in [4.78, 5) is 9.06. The van der Waals surface area contributed by atoms with E-state index < -0.39 is 52.0 Å². The molecule has 0 unspecified atom stereocenters. The van der Waals surface area contributed by atoms with Gasteiger partial charge in [-0.2, -0.15) is 13.8 Å². The molecule has 14 heteroatoms. The average Bonchev–Trinajstić information content (AvgIpc) is 3.07. The molecule has 0 radical (unpaired) electrons. The summed E-state index contributed by atoms with van der Waals surface area (Å²) in [6, 6.07) is 2.63. The zero-order valence-corrected chi connectivity index (χ0v) is 15.1. The van der Waals surface area contributed by atoms with Gasteiger partial charge in [-0.15, -0.1) is 0 Å². The van der Waals surface area contributed by atoms with Crippen molar-refractivity contribution in [3.05, 3.63) is 35.9 Å². The molecule has 0 saturated carbocycles. The molecule has 0 spiro atoms. The lowest BCUT2D eigenvalue weighted by Gasteiger charge is -2.13. The third-order valence-corrected chi connectivity index (χ3v) is 4.99. The van der Waals surface area contributed by atoms with Crippen molar-refractivity contribution in [3.8, 4) is 11.8 Å². The van der Waals surface area contributed by atoms with Crippen LogP contribution in [0.25, 0.3) is 11.0 Å². The van der Waals surface area contributed by atoms with Crippen LogP contribution in [0.3, 0.4) is 0 Å². The lowest BCUT2D eigenvalue weighted by atomic mass is 10.3. The van der Waals surface area contributed by atoms with Crippen LogP contribution in [-0.4, -0.2) is 37.1 Å². The van der Waals surface area contributed by atoms with Crippen molar-refractivity contribution in [2.45, 2.75) is 17.9 Å². The maximum absolute atomic E-state index is 13.9. The van der Waals surface area contributed by atoms with Crippen molar-refractivity contribution in [1.29, 1.82) is 0 Å². The van der Waals surface area contributed by atoms with Crippen molar-refractivity contribution in [1.82, 2.24) is 15.0 Å². The predicted octanol–water partition coefficient (Wildman–Crippen LogP) is 3.45. The number of aromatic nitrogens is 3. The largest absolute Gasteiger partial charge is 0.479 e. The molecule has 3 heterocycles. The van der Waals surface area contributed by atoms with Crippen LogP contribution in [-0.2, 0) is 10.0 Å². The molecule has 0 aromatic carbocycles. The molecule has 0 saturated heterocycles. The van der Waals surface area contributed by atoms with Crippen LogP contribution >= 0.6 is 0 Å². The first-order valence-electron chi connectivity index (χ1n) is 7.60. The van der Waals surface area contributed by atoms with Gasteiger partial charge in [0.25, 0.3) is 22.3 Å². The zero-order chi connectivity index (χ0) is 21.3. The Bertz CT molecular complexity index is 1150. The van der Waals surface area contributed by atoms with Gasteiger partial charge in [0.15, 0.2) is 5.82 Å². The summed E-state index contributed by atoms with van der Waals surface area (Å²) in [5, 5.41) is -0.00745. The molecule has 3 rings (SSSR count). The number of nitrogens with zero attached hydrogens (tertiary/aromatic N) is 2. The standard InChI is InChI=1S/C15H11F5N4O4S/c1-27-14-9(4-7(16)13(23-14)28-15(19)20)24-29(25,26)10-5-21-12-6(10)2-3-8(22-12)11(17)18/h2-5,11,15,24H,1H3,(H,21,22). The summed E-state index contributed by atoms with van der Waals surface area (Å²) < 4.78 is 100.0. The number of fused-ring (bicyclic) bond motifs is 1. The smallest absolute Gasteiger partial charge is 0.388 e. The molecular formula is C15H11F5N4O4S. The summed E-state index contributed by atoms with van der Waals surface area (Å²) in [7, 11) is -3.35. The lowest BCUT2D eigenvalue weighted by Crippen LogP contribution is -2.15. The normalized spacial score (nSPS) is 12.0. The van der Waals surface area contributed by atoms with E-state index in [0.717, 1.165) is 25.4 Å². The van der Waals surface area contributed by atoms with E-state index in [0.29, 0.717) is 6.07 Å². The molecule has 156 valence electrons. The molecule has 2 N–H and O–H groups in total. The minimum atomic E-state index is -4.40. The number of halogens is 5. The van der Waals surface area contributed by atoms with Gasteiger partial charge >= 0.3 is 6.61 Å². The zero-order valence-electron chi connectivity index (χ0n) is 14.3. The topological polar surface area (TPSA) is 106 Å². The first kappa shape index (κ1) is 20.6. The van der Waals surface area contributed by atoms with Crippen LogP contribution in [0.5, 0.6) is 11.8 Å². The second kappa shape index (κ2) is 7.69. The van der Waals surface area contributed by atoms with Gasteiger partial charge in [0, 0.05) is 17.6 Å². The summed E-state index contributed by atoms with van der Waals surface area (Å²) in [5.41, 5.74) is -1.17. The van der Waals surface area contributed by atoms with Crippen molar-refractivity contribution in [3.63, 3.8) is 0 Å². The number of sulfonamides is 1. The number of ether oxygens (including phenoxy) is 2. The second-order valence-corrected chi connectivity index (χ2v) is 7.05. The fourth-order valence-electron chi connectivity index (χ4n) is 2.39. The monoisotopic (exact) mass is 438 g/mol. The van der Waals surface area contributed by atoms with Crippen LogP contribution in [0.1, 0.15) is 12.1 Å². The first-order valence-corrected chi connectivity index (χ1v) is 9.09. The van der Waals surface area contributed by atoms with Crippen molar-refractivity contribution < 1.29 is 39.8 Å². The molecule has 0 aliphatic carbocycles. The Morgan fingerprint density at radius 2 is 1.86 bits per heavy atom. The Kier molecular flexibility index (Phi) is 5.46. The number of anilines is 1. The molecule has 0 aliphatic rings. The van der Waals surface area contributed by atoms with Crippen LogP contribution in [0, 0.1) is 5.82 Å². The quantitative estimate of drug-likeness (QED) is 0.548. The molecule has 0 bridgehead atoms. The van der Waals surface area contributed by atoms with Gasteiger partial charge in [0.2, 0.25) is 5.88 Å². The third-order valence-electron chi connectivity index (χ3n) is 3.58. The van der Waals surface area contributed by atoms with E-state index in [-0.39, 0.29) is 15.9 Å². The highest BCUT2D eigenvalue weighted by atomic mass is 32.2. The number of nitrogens with one attached hydrogen (secondary N) is 2. The number of hydrogen-bond donors (Lipinski definition) is 2. The third kappa shape index (κ3) is 4.16. The Morgan fingerprint density at radius 1 is 1.14 bits per heavy atom. The van der Waals surface area contributed by atoms with Crippen LogP contribution in [0.15, 0.2) is 29.3 Å². The minimum Gasteiger partial charge on any atom is -0.479 e. The summed E-state index contributed by atoms with van der Waals surface area (Å²) in [5.74, 6) is -3.00. The van der Waals surface area contributed by atoms with Gasteiger partial charge in [-0.1, -0.05) is 0 Å². The molecule has 0 atom stereocenters. The van der Waals surface area contributed by atoms with Crippen molar-refractivity contribution >= 4 is 26.7 Å². The Hall–Kier alpha value is -3.16. The van der Waals surface area contributed by atoms with Crippen molar-refractivity contribution in [2.24, 2.45) is 0 Å². The highest BCUT2D eigenvalue weighted by Crippen LogP contribution is 2.32. The molecule has 3 aromatic rings. The highest BCUT2D eigenvalue weighted by Gasteiger charge is 2.25. The second-order valence-electron chi connectivity index (χ2n) is 5.40. The van der Waals surface area contributed by atoms with E-state index >= 15 is 0 Å². The van der Waals surface area contributed by atoms with Gasteiger partial charge in [0.1, 0.15) is 21.9 Å². The minimum absolute atomic E-state index is 0.00745. The van der Waals surface area contributed by atoms with E-state index in [2.05, 4.69) is 19.7 Å².